The largest absolute Gasteiger partial charge is 0.494 e. The highest BCUT2D eigenvalue weighted by molar-refractivity contribution is 5.46. The number of nitrogens with two attached hydrogens (primary N) is 1. The third-order valence-corrected chi connectivity index (χ3v) is 4.66. The van der Waals surface area contributed by atoms with Gasteiger partial charge in [-0.25, -0.2) is 0 Å². The van der Waals surface area contributed by atoms with Gasteiger partial charge in [0.15, 0.2) is 0 Å². The zero-order valence-corrected chi connectivity index (χ0v) is 16.7. The Kier molecular flexibility index (Phi) is 9.97. The molecule has 0 radical (unpaired) electrons. The van der Waals surface area contributed by atoms with Crippen molar-refractivity contribution in [2.24, 2.45) is 0 Å². The quantitative estimate of drug-likeness (QED) is 0.285. The summed E-state index contributed by atoms with van der Waals surface area (Å²) >= 11 is 0. The van der Waals surface area contributed by atoms with Crippen molar-refractivity contribution in [1.82, 2.24) is 0 Å². The van der Waals surface area contributed by atoms with Crippen LogP contribution in [-0.4, -0.2) is 6.61 Å². The topological polar surface area (TPSA) is 35.2 Å². The van der Waals surface area contributed by atoms with Crippen LogP contribution in [0.4, 0.5) is 5.69 Å². The fourth-order valence-corrected chi connectivity index (χ4v) is 2.99. The van der Waals surface area contributed by atoms with Gasteiger partial charge in [-0.2, -0.15) is 0 Å². The number of hydrogen-bond donors (Lipinski definition) is 1. The van der Waals surface area contributed by atoms with E-state index in [1.54, 1.807) is 0 Å². The van der Waals surface area contributed by atoms with Crippen LogP contribution in [0.15, 0.2) is 48.5 Å². The molecule has 144 valence electrons. The van der Waals surface area contributed by atoms with Crippen molar-refractivity contribution in [2.75, 3.05) is 12.3 Å². The van der Waals surface area contributed by atoms with Gasteiger partial charge in [-0.05, 0) is 61.6 Å². The van der Waals surface area contributed by atoms with E-state index in [0.717, 1.165) is 49.3 Å². The average Bonchev–Trinajstić information content (AvgIpc) is 2.69. The predicted molar refractivity (Wildman–Crippen MR) is 116 cm³/mol. The zero-order chi connectivity index (χ0) is 19.2. The summed E-state index contributed by atoms with van der Waals surface area (Å²) in [6.45, 7) is 3.03. The lowest BCUT2D eigenvalue weighted by Gasteiger charge is -2.05. The van der Waals surface area contributed by atoms with Gasteiger partial charge in [-0.15, -0.1) is 0 Å². The molecule has 0 aliphatic heterocycles. The number of rotatable bonds is 11. The van der Waals surface area contributed by atoms with Crippen molar-refractivity contribution in [2.45, 2.75) is 64.7 Å². The molecule has 0 fully saturated rings. The summed E-state index contributed by atoms with van der Waals surface area (Å²) in [7, 11) is 0. The fourth-order valence-electron chi connectivity index (χ4n) is 2.99. The van der Waals surface area contributed by atoms with E-state index in [-0.39, 0.29) is 0 Å². The van der Waals surface area contributed by atoms with E-state index < -0.39 is 0 Å². The van der Waals surface area contributed by atoms with E-state index >= 15 is 0 Å². The molecule has 0 aliphatic carbocycles. The van der Waals surface area contributed by atoms with Crippen molar-refractivity contribution >= 4 is 5.69 Å². The number of anilines is 1. The first-order valence-electron chi connectivity index (χ1n) is 10.3. The lowest BCUT2D eigenvalue weighted by atomic mass is 10.0. The highest BCUT2D eigenvalue weighted by Gasteiger charge is 1.97. The van der Waals surface area contributed by atoms with E-state index in [2.05, 4.69) is 30.9 Å². The molecule has 2 aromatic carbocycles. The highest BCUT2D eigenvalue weighted by atomic mass is 16.5. The Morgan fingerprint density at radius 1 is 0.852 bits per heavy atom. The van der Waals surface area contributed by atoms with Gasteiger partial charge in [0.2, 0.25) is 0 Å². The third kappa shape index (κ3) is 8.69. The molecule has 2 nitrogen and oxygen atoms in total. The first-order chi connectivity index (χ1) is 13.3. The Balaban J connectivity index is 1.59. The molecule has 27 heavy (non-hydrogen) atoms. The van der Waals surface area contributed by atoms with Gasteiger partial charge < -0.3 is 10.5 Å². The maximum atomic E-state index is 5.97. The van der Waals surface area contributed by atoms with Crippen LogP contribution in [0.2, 0.25) is 0 Å². The summed E-state index contributed by atoms with van der Waals surface area (Å²) in [6.07, 6.45) is 10.4. The minimum Gasteiger partial charge on any atom is -0.494 e. The van der Waals surface area contributed by atoms with Gasteiger partial charge in [0, 0.05) is 17.7 Å². The van der Waals surface area contributed by atoms with Crippen LogP contribution >= 0.6 is 0 Å². The number of hydrogen-bond acceptors (Lipinski definition) is 2. The van der Waals surface area contributed by atoms with Crippen LogP contribution in [0.3, 0.4) is 0 Å². The average molecular weight is 364 g/mol. The van der Waals surface area contributed by atoms with Crippen molar-refractivity contribution < 1.29 is 4.74 Å². The summed E-state index contributed by atoms with van der Waals surface area (Å²) in [5.74, 6) is 7.47. The summed E-state index contributed by atoms with van der Waals surface area (Å²) < 4.78 is 5.77. The summed E-state index contributed by atoms with van der Waals surface area (Å²) in [5, 5.41) is 0. The molecule has 0 bridgehead atoms. The fraction of sp³-hybridized carbons (Fsp3) is 0.440. The molecular formula is C25H33NO. The second-order valence-electron chi connectivity index (χ2n) is 6.99. The molecular weight excluding hydrogens is 330 g/mol. The SMILES string of the molecule is CCCCCCOc1ccc(C#CCCCCCc2ccccc2N)cc1. The van der Waals surface area contributed by atoms with Crippen molar-refractivity contribution in [3.05, 3.63) is 59.7 Å². The van der Waals surface area contributed by atoms with Gasteiger partial charge in [0.05, 0.1) is 6.61 Å². The van der Waals surface area contributed by atoms with Crippen LogP contribution in [0.1, 0.15) is 69.4 Å². The molecule has 0 saturated heterocycles. The van der Waals surface area contributed by atoms with E-state index in [0.29, 0.717) is 0 Å². The van der Waals surface area contributed by atoms with E-state index in [4.69, 9.17) is 10.5 Å². The Labute approximate surface area is 165 Å². The standard InChI is InChI=1S/C25H33NO/c1-2-3-4-12-21-27-24-19-17-22(18-20-24)13-8-6-5-7-9-14-23-15-10-11-16-25(23)26/h10-11,15-20H,2-7,9,12,14,21,26H2,1H3. The molecule has 0 amide bonds. The molecule has 0 saturated carbocycles. The van der Waals surface area contributed by atoms with Crippen LogP contribution < -0.4 is 10.5 Å². The first kappa shape index (κ1) is 20.9. The zero-order valence-electron chi connectivity index (χ0n) is 16.7. The number of ether oxygens (including phenoxy) is 1. The Bertz CT molecular complexity index is 709. The number of unbranched alkanes of at least 4 members (excludes halogenated alkanes) is 6. The molecule has 2 N–H and O–H groups in total. The van der Waals surface area contributed by atoms with Gasteiger partial charge in [-0.1, -0.05) is 62.6 Å². The Morgan fingerprint density at radius 2 is 1.63 bits per heavy atom. The van der Waals surface area contributed by atoms with Crippen LogP contribution in [-0.2, 0) is 6.42 Å². The van der Waals surface area contributed by atoms with Crippen LogP contribution in [0.25, 0.3) is 0 Å². The third-order valence-electron chi connectivity index (χ3n) is 4.66. The molecule has 0 aromatic heterocycles. The monoisotopic (exact) mass is 363 g/mol. The lowest BCUT2D eigenvalue weighted by molar-refractivity contribution is 0.305. The first-order valence-corrected chi connectivity index (χ1v) is 10.3. The Hall–Kier alpha value is -2.40. The van der Waals surface area contributed by atoms with E-state index in [9.17, 15) is 0 Å². The minimum atomic E-state index is 0.805. The maximum Gasteiger partial charge on any atom is 0.119 e. The van der Waals surface area contributed by atoms with Gasteiger partial charge in [0.1, 0.15) is 5.75 Å². The van der Waals surface area contributed by atoms with E-state index in [1.165, 1.54) is 37.7 Å². The van der Waals surface area contributed by atoms with E-state index in [1.807, 2.05) is 36.4 Å². The number of nitrogen functional groups attached to an aromatic ring is 1. The molecule has 0 atom stereocenters. The molecule has 0 aliphatic rings. The Morgan fingerprint density at radius 3 is 2.41 bits per heavy atom. The normalized spacial score (nSPS) is 10.3. The highest BCUT2D eigenvalue weighted by Crippen LogP contribution is 2.15. The smallest absolute Gasteiger partial charge is 0.119 e. The van der Waals surface area contributed by atoms with Gasteiger partial charge >= 0.3 is 0 Å². The minimum absolute atomic E-state index is 0.805. The van der Waals surface area contributed by atoms with Crippen molar-refractivity contribution in [3.63, 3.8) is 0 Å². The molecule has 0 heterocycles. The summed E-state index contributed by atoms with van der Waals surface area (Å²) in [4.78, 5) is 0. The number of aryl methyl sites for hydroxylation is 1. The number of benzene rings is 2. The second-order valence-corrected chi connectivity index (χ2v) is 6.99. The van der Waals surface area contributed by atoms with Crippen molar-refractivity contribution in [3.8, 4) is 17.6 Å². The molecule has 2 rings (SSSR count). The van der Waals surface area contributed by atoms with Crippen LogP contribution in [0.5, 0.6) is 5.75 Å². The predicted octanol–water partition coefficient (Wildman–Crippen LogP) is 6.38. The van der Waals surface area contributed by atoms with Gasteiger partial charge in [-0.3, -0.25) is 0 Å². The molecule has 2 aromatic rings. The van der Waals surface area contributed by atoms with Crippen LogP contribution in [0, 0.1) is 11.8 Å². The molecule has 0 unspecified atom stereocenters. The lowest BCUT2D eigenvalue weighted by Crippen LogP contribution is -1.96. The summed E-state index contributed by atoms with van der Waals surface area (Å²) in [6, 6.07) is 16.3. The molecule has 2 heteroatoms. The maximum absolute atomic E-state index is 5.97. The number of para-hydroxylation sites is 1. The molecule has 0 spiro atoms. The van der Waals surface area contributed by atoms with Crippen molar-refractivity contribution in [1.29, 1.82) is 0 Å². The summed E-state index contributed by atoms with van der Waals surface area (Å²) in [5.41, 5.74) is 9.20. The van der Waals surface area contributed by atoms with Gasteiger partial charge in [0.25, 0.3) is 0 Å². The second kappa shape index (κ2) is 12.9.